The van der Waals surface area contributed by atoms with Crippen LogP contribution in [0.5, 0.6) is 0 Å². The van der Waals surface area contributed by atoms with Gasteiger partial charge in [-0.25, -0.2) is 4.39 Å². The van der Waals surface area contributed by atoms with Crippen molar-refractivity contribution in [3.63, 3.8) is 0 Å². The molecule has 0 spiro atoms. The van der Waals surface area contributed by atoms with Gasteiger partial charge in [0.25, 0.3) is 5.91 Å². The predicted octanol–water partition coefficient (Wildman–Crippen LogP) is 5.33. The predicted molar refractivity (Wildman–Crippen MR) is 118 cm³/mol. The van der Waals surface area contributed by atoms with E-state index in [0.29, 0.717) is 26.2 Å². The van der Waals surface area contributed by atoms with Crippen molar-refractivity contribution in [2.45, 2.75) is 13.0 Å². The smallest absolute Gasteiger partial charge is 0.258 e. The Morgan fingerprint density at radius 2 is 1.50 bits per heavy atom. The van der Waals surface area contributed by atoms with Gasteiger partial charge in [-0.2, -0.15) is 0 Å². The second kappa shape index (κ2) is 8.99. The van der Waals surface area contributed by atoms with Gasteiger partial charge in [0.1, 0.15) is 5.82 Å². The third-order valence-corrected chi connectivity index (χ3v) is 5.97. The lowest BCUT2D eigenvalue weighted by Crippen LogP contribution is -2.50. The summed E-state index contributed by atoms with van der Waals surface area (Å²) in [5.74, 6) is -0.916. The van der Waals surface area contributed by atoms with E-state index in [1.165, 1.54) is 28.8 Å². The molecule has 0 N–H and O–H groups in total. The van der Waals surface area contributed by atoms with Crippen molar-refractivity contribution in [1.82, 2.24) is 9.80 Å². The molecule has 30 heavy (non-hydrogen) atoms. The molecular formula is C25H24ClFN2O. The number of nitrogens with zero attached hydrogens (tertiary/aromatic N) is 2. The Bertz CT molecular complexity index is 995. The number of aryl methyl sites for hydroxylation is 1. The van der Waals surface area contributed by atoms with E-state index in [0.717, 1.165) is 0 Å². The lowest BCUT2D eigenvalue weighted by molar-refractivity contribution is 0.0593. The number of hydrogen-bond donors (Lipinski definition) is 0. The first-order valence-corrected chi connectivity index (χ1v) is 10.5. The number of amides is 1. The van der Waals surface area contributed by atoms with Crippen molar-refractivity contribution in [2.24, 2.45) is 0 Å². The second-order valence-corrected chi connectivity index (χ2v) is 8.06. The molecule has 154 valence electrons. The zero-order valence-corrected chi connectivity index (χ0v) is 17.6. The van der Waals surface area contributed by atoms with Gasteiger partial charge in [0, 0.05) is 26.2 Å². The highest BCUT2D eigenvalue weighted by Gasteiger charge is 2.30. The van der Waals surface area contributed by atoms with Crippen LogP contribution in [0.3, 0.4) is 0 Å². The first kappa shape index (κ1) is 20.6. The zero-order valence-electron chi connectivity index (χ0n) is 16.9. The number of carbonyl (C=O) groups is 1. The molecule has 3 nitrogen and oxygen atoms in total. The third-order valence-electron chi connectivity index (χ3n) is 5.65. The van der Waals surface area contributed by atoms with Crippen LogP contribution in [-0.4, -0.2) is 41.9 Å². The maximum absolute atomic E-state index is 14.2. The topological polar surface area (TPSA) is 23.6 Å². The van der Waals surface area contributed by atoms with Crippen LogP contribution in [0.15, 0.2) is 72.8 Å². The summed E-state index contributed by atoms with van der Waals surface area (Å²) in [6.45, 7) is 4.54. The van der Waals surface area contributed by atoms with Crippen LogP contribution in [0.2, 0.25) is 5.02 Å². The Kier molecular flexibility index (Phi) is 6.16. The molecule has 0 aromatic heterocycles. The van der Waals surface area contributed by atoms with Gasteiger partial charge in [-0.3, -0.25) is 9.69 Å². The lowest BCUT2D eigenvalue weighted by atomic mass is 9.95. The molecule has 1 amide bonds. The fourth-order valence-corrected chi connectivity index (χ4v) is 4.29. The molecule has 1 heterocycles. The molecule has 5 heteroatoms. The Hall–Kier alpha value is -2.69. The molecule has 1 atom stereocenters. The Morgan fingerprint density at radius 1 is 0.867 bits per heavy atom. The van der Waals surface area contributed by atoms with Gasteiger partial charge in [0.05, 0.1) is 16.6 Å². The summed E-state index contributed by atoms with van der Waals surface area (Å²) >= 11 is 6.10. The molecule has 0 bridgehead atoms. The molecule has 0 unspecified atom stereocenters. The quantitative estimate of drug-likeness (QED) is 0.567. The van der Waals surface area contributed by atoms with Crippen molar-refractivity contribution >= 4 is 17.5 Å². The molecular weight excluding hydrogens is 399 g/mol. The molecule has 4 rings (SSSR count). The van der Waals surface area contributed by atoms with E-state index in [2.05, 4.69) is 60.4 Å². The number of piperazine rings is 1. The zero-order chi connectivity index (χ0) is 21.1. The Balaban J connectivity index is 1.54. The maximum atomic E-state index is 14.2. The van der Waals surface area contributed by atoms with Crippen LogP contribution in [0.1, 0.15) is 33.1 Å². The summed E-state index contributed by atoms with van der Waals surface area (Å²) in [6, 6.07) is 23.5. The average Bonchev–Trinajstić information content (AvgIpc) is 2.76. The molecule has 1 aliphatic heterocycles. The van der Waals surface area contributed by atoms with E-state index in [4.69, 9.17) is 11.6 Å². The summed E-state index contributed by atoms with van der Waals surface area (Å²) in [6.07, 6.45) is 0. The van der Waals surface area contributed by atoms with Crippen molar-refractivity contribution in [3.8, 4) is 0 Å². The number of hydrogen-bond acceptors (Lipinski definition) is 2. The fraction of sp³-hybridized carbons (Fsp3) is 0.240. The monoisotopic (exact) mass is 422 g/mol. The highest BCUT2D eigenvalue weighted by atomic mass is 35.5. The van der Waals surface area contributed by atoms with Crippen molar-refractivity contribution < 1.29 is 9.18 Å². The number of rotatable bonds is 4. The first-order chi connectivity index (χ1) is 14.5. The third kappa shape index (κ3) is 4.25. The lowest BCUT2D eigenvalue weighted by Gasteiger charge is -2.40. The number of carbonyl (C=O) groups excluding carboxylic acids is 1. The summed E-state index contributed by atoms with van der Waals surface area (Å²) in [4.78, 5) is 17.0. The van der Waals surface area contributed by atoms with Crippen LogP contribution in [0.4, 0.5) is 4.39 Å². The molecule has 0 radical (unpaired) electrons. The van der Waals surface area contributed by atoms with Crippen molar-refractivity contribution in [1.29, 1.82) is 0 Å². The number of benzene rings is 3. The van der Waals surface area contributed by atoms with Gasteiger partial charge in [0.15, 0.2) is 0 Å². The van der Waals surface area contributed by atoms with E-state index >= 15 is 0 Å². The van der Waals surface area contributed by atoms with E-state index in [-0.39, 0.29) is 22.5 Å². The second-order valence-electron chi connectivity index (χ2n) is 7.65. The van der Waals surface area contributed by atoms with Crippen molar-refractivity contribution in [2.75, 3.05) is 26.2 Å². The minimum absolute atomic E-state index is 0.0363. The average molecular weight is 423 g/mol. The fourth-order valence-electron chi connectivity index (χ4n) is 4.04. The van der Waals surface area contributed by atoms with Crippen molar-refractivity contribution in [3.05, 3.63) is 106 Å². The molecule has 3 aromatic carbocycles. The van der Waals surface area contributed by atoms with Gasteiger partial charge in [-0.15, -0.1) is 0 Å². The minimum Gasteiger partial charge on any atom is -0.336 e. The van der Waals surface area contributed by atoms with Crippen LogP contribution in [0, 0.1) is 12.7 Å². The maximum Gasteiger partial charge on any atom is 0.258 e. The minimum atomic E-state index is -0.572. The van der Waals surface area contributed by atoms with E-state index in [1.807, 2.05) is 6.07 Å². The normalized spacial score (nSPS) is 15.8. The SMILES string of the molecule is Cc1ccc([C@H](c2ccccc2)N2CCN(C(=O)c3c(F)cccc3Cl)CC2)cc1. The van der Waals surface area contributed by atoms with Crippen LogP contribution < -0.4 is 0 Å². The molecule has 1 aliphatic rings. The van der Waals surface area contributed by atoms with E-state index in [9.17, 15) is 9.18 Å². The van der Waals surface area contributed by atoms with Gasteiger partial charge in [-0.1, -0.05) is 77.8 Å². The first-order valence-electron chi connectivity index (χ1n) is 10.1. The van der Waals surface area contributed by atoms with Gasteiger partial charge < -0.3 is 4.90 Å². The molecule has 0 aliphatic carbocycles. The standard InChI is InChI=1S/C25H24ClFN2O/c1-18-10-12-20(13-11-18)24(19-6-3-2-4-7-19)28-14-16-29(17-15-28)25(30)23-21(26)8-5-9-22(23)27/h2-13,24H,14-17H2,1H3/t24-/m0/s1. The van der Waals surface area contributed by atoms with Gasteiger partial charge >= 0.3 is 0 Å². The number of halogens is 2. The summed E-state index contributed by atoms with van der Waals surface area (Å²) in [5, 5.41) is 0.157. The summed E-state index contributed by atoms with van der Waals surface area (Å²) < 4.78 is 14.2. The van der Waals surface area contributed by atoms with Gasteiger partial charge in [0.2, 0.25) is 0 Å². The van der Waals surface area contributed by atoms with Crippen LogP contribution in [-0.2, 0) is 0 Å². The van der Waals surface area contributed by atoms with Crippen LogP contribution in [0.25, 0.3) is 0 Å². The Morgan fingerprint density at radius 3 is 2.13 bits per heavy atom. The summed E-state index contributed by atoms with van der Waals surface area (Å²) in [7, 11) is 0. The molecule has 0 saturated carbocycles. The van der Waals surface area contributed by atoms with E-state index < -0.39 is 5.82 Å². The van der Waals surface area contributed by atoms with Crippen LogP contribution >= 0.6 is 11.6 Å². The highest BCUT2D eigenvalue weighted by molar-refractivity contribution is 6.33. The Labute approximate surface area is 181 Å². The van der Waals surface area contributed by atoms with E-state index in [1.54, 1.807) is 11.0 Å². The largest absolute Gasteiger partial charge is 0.336 e. The van der Waals surface area contributed by atoms with Gasteiger partial charge in [-0.05, 0) is 30.2 Å². The molecule has 1 saturated heterocycles. The highest BCUT2D eigenvalue weighted by Crippen LogP contribution is 2.30. The summed E-state index contributed by atoms with van der Waals surface area (Å²) in [5.41, 5.74) is 3.63. The molecule has 1 fully saturated rings. The molecule has 3 aromatic rings.